The molecule has 0 saturated carbocycles. The molecule has 1 aromatic heterocycles. The highest BCUT2D eigenvalue weighted by Crippen LogP contribution is 2.13. The van der Waals surface area contributed by atoms with Gasteiger partial charge < -0.3 is 0 Å². The van der Waals surface area contributed by atoms with Crippen LogP contribution in [0.15, 0.2) is 24.4 Å². The van der Waals surface area contributed by atoms with Crippen molar-refractivity contribution in [3.8, 4) is 0 Å². The zero-order valence-corrected chi connectivity index (χ0v) is 9.74. The lowest BCUT2D eigenvalue weighted by molar-refractivity contribution is -0.708. The number of aromatic nitrogens is 1. The van der Waals surface area contributed by atoms with Crippen LogP contribution in [-0.2, 0) is 10.1 Å². The number of hydrogen-bond donors (Lipinski definition) is 1. The SMILES string of the molecule is CCCC([n+]1ccccc1C)S(=O)(=O)O. The number of nitrogens with zero attached hydrogens (tertiary/aromatic N) is 1. The maximum atomic E-state index is 11.2. The molecule has 0 radical (unpaired) electrons. The Bertz CT molecular complexity index is 428. The quantitative estimate of drug-likeness (QED) is 0.629. The van der Waals surface area contributed by atoms with Crippen LogP contribution in [0.5, 0.6) is 0 Å². The number of hydrogen-bond acceptors (Lipinski definition) is 2. The van der Waals surface area contributed by atoms with Crippen LogP contribution in [0.1, 0.15) is 30.8 Å². The van der Waals surface area contributed by atoms with Gasteiger partial charge in [0.1, 0.15) is 0 Å². The Morgan fingerprint density at radius 2 is 2.13 bits per heavy atom. The molecule has 0 saturated heterocycles. The first-order chi connectivity index (χ1) is 6.96. The lowest BCUT2D eigenvalue weighted by Crippen LogP contribution is -2.45. The van der Waals surface area contributed by atoms with Gasteiger partial charge in [-0.15, -0.1) is 0 Å². The molecule has 0 spiro atoms. The van der Waals surface area contributed by atoms with Gasteiger partial charge in [-0.3, -0.25) is 4.55 Å². The van der Waals surface area contributed by atoms with Crippen LogP contribution in [0.3, 0.4) is 0 Å². The number of aryl methyl sites for hydroxylation is 1. The second kappa shape index (κ2) is 4.72. The van der Waals surface area contributed by atoms with Crippen molar-refractivity contribution in [2.75, 3.05) is 0 Å². The fourth-order valence-electron chi connectivity index (χ4n) is 1.54. The molecule has 0 amide bonds. The molecule has 1 unspecified atom stereocenters. The van der Waals surface area contributed by atoms with E-state index in [-0.39, 0.29) is 0 Å². The van der Waals surface area contributed by atoms with E-state index >= 15 is 0 Å². The molecule has 0 aromatic carbocycles. The zero-order valence-electron chi connectivity index (χ0n) is 8.92. The Labute approximate surface area is 90.3 Å². The molecule has 4 nitrogen and oxygen atoms in total. The molecule has 1 atom stereocenters. The minimum atomic E-state index is -4.04. The molecule has 0 aliphatic heterocycles. The number of rotatable bonds is 4. The molecule has 15 heavy (non-hydrogen) atoms. The van der Waals surface area contributed by atoms with E-state index in [4.69, 9.17) is 4.55 Å². The van der Waals surface area contributed by atoms with E-state index in [0.717, 1.165) is 5.69 Å². The summed E-state index contributed by atoms with van der Waals surface area (Å²) in [6, 6.07) is 5.40. The van der Waals surface area contributed by atoms with Crippen molar-refractivity contribution in [1.29, 1.82) is 0 Å². The second-order valence-corrected chi connectivity index (χ2v) is 5.08. The summed E-state index contributed by atoms with van der Waals surface area (Å²) in [5, 5.41) is -0.872. The largest absolute Gasteiger partial charge is 0.329 e. The third kappa shape index (κ3) is 3.00. The summed E-state index contributed by atoms with van der Waals surface area (Å²) >= 11 is 0. The summed E-state index contributed by atoms with van der Waals surface area (Å²) in [6.45, 7) is 3.70. The normalized spacial score (nSPS) is 13.8. The van der Waals surface area contributed by atoms with Gasteiger partial charge in [-0.2, -0.15) is 13.0 Å². The van der Waals surface area contributed by atoms with Gasteiger partial charge in [-0.1, -0.05) is 13.0 Å². The van der Waals surface area contributed by atoms with Crippen LogP contribution >= 0.6 is 0 Å². The van der Waals surface area contributed by atoms with Gasteiger partial charge >= 0.3 is 10.1 Å². The monoisotopic (exact) mass is 230 g/mol. The standard InChI is InChI=1S/C10H15NO3S/c1-3-6-10(15(12,13)14)11-8-5-4-7-9(11)2/h4-5,7-8,10H,3,6H2,1-2H3/p+1. The fourth-order valence-corrected chi connectivity index (χ4v) is 2.60. The predicted molar refractivity (Wildman–Crippen MR) is 56.9 cm³/mol. The van der Waals surface area contributed by atoms with Crippen LogP contribution in [0.4, 0.5) is 0 Å². The minimum Gasteiger partial charge on any atom is -0.280 e. The molecule has 1 rings (SSSR count). The Morgan fingerprint density at radius 1 is 1.47 bits per heavy atom. The highest BCUT2D eigenvalue weighted by molar-refractivity contribution is 7.85. The lowest BCUT2D eigenvalue weighted by Gasteiger charge is -2.09. The van der Waals surface area contributed by atoms with E-state index in [1.165, 1.54) is 0 Å². The minimum absolute atomic E-state index is 0.411. The summed E-state index contributed by atoms with van der Waals surface area (Å²) in [6.07, 6.45) is 2.78. The molecule has 1 aromatic rings. The first kappa shape index (κ1) is 12.1. The van der Waals surface area contributed by atoms with Crippen molar-refractivity contribution in [3.05, 3.63) is 30.1 Å². The van der Waals surface area contributed by atoms with Crippen molar-refractivity contribution in [3.63, 3.8) is 0 Å². The van der Waals surface area contributed by atoms with E-state index in [2.05, 4.69) is 0 Å². The van der Waals surface area contributed by atoms with Crippen molar-refractivity contribution >= 4 is 10.1 Å². The average molecular weight is 230 g/mol. The molecular weight excluding hydrogens is 214 g/mol. The maximum absolute atomic E-state index is 11.2. The Balaban J connectivity index is 3.16. The van der Waals surface area contributed by atoms with Crippen molar-refractivity contribution in [2.45, 2.75) is 32.1 Å². The van der Waals surface area contributed by atoms with E-state index in [0.29, 0.717) is 12.8 Å². The molecule has 5 heteroatoms. The van der Waals surface area contributed by atoms with Crippen molar-refractivity contribution in [1.82, 2.24) is 0 Å². The van der Waals surface area contributed by atoms with Crippen LogP contribution < -0.4 is 4.57 Å². The first-order valence-corrected chi connectivity index (χ1v) is 6.40. The van der Waals surface area contributed by atoms with E-state index < -0.39 is 15.5 Å². The molecule has 0 aliphatic carbocycles. The molecule has 1 heterocycles. The van der Waals surface area contributed by atoms with Gasteiger partial charge in [-0.05, 0) is 6.42 Å². The van der Waals surface area contributed by atoms with E-state index in [1.54, 1.807) is 16.8 Å². The van der Waals surface area contributed by atoms with Gasteiger partial charge in [0.25, 0.3) is 5.37 Å². The molecule has 1 N–H and O–H groups in total. The molecule has 0 aliphatic rings. The summed E-state index contributed by atoms with van der Waals surface area (Å²) in [5.74, 6) is 0. The predicted octanol–water partition coefficient (Wildman–Crippen LogP) is 1.47. The topological polar surface area (TPSA) is 58.2 Å². The van der Waals surface area contributed by atoms with Gasteiger partial charge in [0, 0.05) is 25.5 Å². The smallest absolute Gasteiger partial charge is 0.280 e. The highest BCUT2D eigenvalue weighted by atomic mass is 32.2. The summed E-state index contributed by atoms with van der Waals surface area (Å²) < 4.78 is 33.1. The third-order valence-electron chi connectivity index (χ3n) is 2.29. The van der Waals surface area contributed by atoms with Crippen LogP contribution in [0.2, 0.25) is 0 Å². The zero-order chi connectivity index (χ0) is 11.5. The van der Waals surface area contributed by atoms with Crippen LogP contribution in [0, 0.1) is 6.92 Å². The summed E-state index contributed by atoms with van der Waals surface area (Å²) in [7, 11) is -4.04. The Hall–Kier alpha value is -0.940. The molecule has 0 fully saturated rings. The van der Waals surface area contributed by atoms with Gasteiger partial charge in [-0.25, -0.2) is 0 Å². The van der Waals surface area contributed by atoms with E-state index in [1.807, 2.05) is 26.0 Å². The second-order valence-electron chi connectivity index (χ2n) is 3.51. The van der Waals surface area contributed by atoms with Gasteiger partial charge in [0.15, 0.2) is 11.9 Å². The summed E-state index contributed by atoms with van der Waals surface area (Å²) in [4.78, 5) is 0. The van der Waals surface area contributed by atoms with Gasteiger partial charge in [0.2, 0.25) is 0 Å². The third-order valence-corrected chi connectivity index (χ3v) is 3.44. The molecular formula is C10H16NO3S+. The van der Waals surface area contributed by atoms with Crippen molar-refractivity contribution in [2.24, 2.45) is 0 Å². The average Bonchev–Trinajstić information content (AvgIpc) is 2.14. The fraction of sp³-hybridized carbons (Fsp3) is 0.500. The van der Waals surface area contributed by atoms with Crippen LogP contribution in [0.25, 0.3) is 0 Å². The first-order valence-electron chi connectivity index (χ1n) is 4.90. The van der Waals surface area contributed by atoms with E-state index in [9.17, 15) is 8.42 Å². The highest BCUT2D eigenvalue weighted by Gasteiger charge is 2.32. The van der Waals surface area contributed by atoms with Crippen LogP contribution in [-0.4, -0.2) is 13.0 Å². The lowest BCUT2D eigenvalue weighted by atomic mass is 10.3. The number of pyridine rings is 1. The maximum Gasteiger partial charge on any atom is 0.329 e. The Morgan fingerprint density at radius 3 is 2.60 bits per heavy atom. The molecule has 84 valence electrons. The van der Waals surface area contributed by atoms with Gasteiger partial charge in [0.05, 0.1) is 0 Å². The molecule has 0 bridgehead atoms. The summed E-state index contributed by atoms with van der Waals surface area (Å²) in [5.41, 5.74) is 0.813. The Kier molecular flexibility index (Phi) is 3.82. The van der Waals surface area contributed by atoms with Crippen molar-refractivity contribution < 1.29 is 17.5 Å².